The molecule has 1 atom stereocenters. The predicted octanol–water partition coefficient (Wildman–Crippen LogP) is 1.96. The Morgan fingerprint density at radius 1 is 1.42 bits per heavy atom. The van der Waals surface area contributed by atoms with Crippen molar-refractivity contribution in [2.45, 2.75) is 32.7 Å². The van der Waals surface area contributed by atoms with Gasteiger partial charge in [0.15, 0.2) is 0 Å². The molecule has 0 saturated heterocycles. The smallest absolute Gasteiger partial charge is 0.337 e. The van der Waals surface area contributed by atoms with Crippen molar-refractivity contribution in [2.24, 2.45) is 5.92 Å². The van der Waals surface area contributed by atoms with Gasteiger partial charge in [-0.05, 0) is 44.7 Å². The molecule has 0 aliphatic heterocycles. The van der Waals surface area contributed by atoms with Gasteiger partial charge in [-0.15, -0.1) is 0 Å². The van der Waals surface area contributed by atoms with E-state index in [1.165, 1.54) is 25.0 Å². The lowest BCUT2D eigenvalue weighted by atomic mass is 10.1. The lowest BCUT2D eigenvalue weighted by Crippen LogP contribution is -2.37. The van der Waals surface area contributed by atoms with Crippen LogP contribution in [0.15, 0.2) is 12.1 Å². The van der Waals surface area contributed by atoms with Crippen molar-refractivity contribution in [3.05, 3.63) is 29.1 Å². The molecule has 1 aromatic rings. The van der Waals surface area contributed by atoms with E-state index in [-0.39, 0.29) is 17.5 Å². The molecule has 0 bridgehead atoms. The molecule has 5 nitrogen and oxygen atoms in total. The maximum Gasteiger partial charge on any atom is 0.337 e. The number of carbonyl (C=O) groups excluding carboxylic acids is 1. The summed E-state index contributed by atoms with van der Waals surface area (Å²) in [5, 5.41) is 8.94. The first-order chi connectivity index (χ1) is 8.91. The first-order valence-corrected chi connectivity index (χ1v) is 6.40. The Hall–Kier alpha value is -1.91. The minimum Gasteiger partial charge on any atom is -0.478 e. The molecule has 1 fully saturated rings. The molecule has 1 N–H and O–H groups in total. The third-order valence-corrected chi connectivity index (χ3v) is 3.77. The zero-order chi connectivity index (χ0) is 14.2. The van der Waals surface area contributed by atoms with Gasteiger partial charge in [0.05, 0.1) is 11.3 Å². The Bertz CT molecular complexity index is 523. The topological polar surface area (TPSA) is 70.5 Å². The first kappa shape index (κ1) is 13.5. The molecule has 5 heteroatoms. The third kappa shape index (κ3) is 2.75. The Kier molecular flexibility index (Phi) is 3.55. The summed E-state index contributed by atoms with van der Waals surface area (Å²) in [6.07, 6.45) is 2.34. The maximum atomic E-state index is 12.3. The molecule has 0 spiro atoms. The fourth-order valence-corrected chi connectivity index (χ4v) is 2.17. The molecule has 19 heavy (non-hydrogen) atoms. The van der Waals surface area contributed by atoms with Gasteiger partial charge in [-0.25, -0.2) is 9.78 Å². The van der Waals surface area contributed by atoms with Crippen molar-refractivity contribution in [1.29, 1.82) is 0 Å². The van der Waals surface area contributed by atoms with Crippen molar-refractivity contribution in [1.82, 2.24) is 9.88 Å². The number of aromatic carboxylic acids is 1. The van der Waals surface area contributed by atoms with Crippen LogP contribution in [-0.4, -0.2) is 40.0 Å². The van der Waals surface area contributed by atoms with Crippen LogP contribution in [0.2, 0.25) is 0 Å². The number of carboxylic acid groups (broad SMARTS) is 1. The molecule has 1 amide bonds. The SMILES string of the molecule is Cc1nc(C(=O)N(C)C(C)C2CC2)ccc1C(=O)O. The Balaban J connectivity index is 2.19. The summed E-state index contributed by atoms with van der Waals surface area (Å²) in [6, 6.07) is 3.12. The van der Waals surface area contributed by atoms with E-state index in [1.807, 2.05) is 6.92 Å². The number of nitrogens with zero attached hydrogens (tertiary/aromatic N) is 2. The standard InChI is InChI=1S/C14H18N2O3/c1-8-11(14(18)19)6-7-12(15-8)13(17)16(3)9(2)10-4-5-10/h6-7,9-10H,4-5H2,1-3H3,(H,18,19). The number of aromatic nitrogens is 1. The van der Waals surface area contributed by atoms with Gasteiger partial charge >= 0.3 is 5.97 Å². The molecule has 102 valence electrons. The van der Waals surface area contributed by atoms with Crippen LogP contribution in [0.1, 0.15) is 46.3 Å². The minimum atomic E-state index is -1.02. The van der Waals surface area contributed by atoms with Gasteiger partial charge in [0.2, 0.25) is 0 Å². The van der Waals surface area contributed by atoms with Gasteiger partial charge in [0.1, 0.15) is 5.69 Å². The highest BCUT2D eigenvalue weighted by Crippen LogP contribution is 2.34. The highest BCUT2D eigenvalue weighted by molar-refractivity contribution is 5.94. The molecule has 1 heterocycles. The molecule has 1 aliphatic carbocycles. The number of aryl methyl sites for hydroxylation is 1. The van der Waals surface area contributed by atoms with Gasteiger partial charge in [-0.2, -0.15) is 0 Å². The number of hydrogen-bond donors (Lipinski definition) is 1. The summed E-state index contributed by atoms with van der Waals surface area (Å²) >= 11 is 0. The van der Waals surface area contributed by atoms with E-state index in [1.54, 1.807) is 18.9 Å². The van der Waals surface area contributed by atoms with Gasteiger partial charge in [-0.1, -0.05) is 0 Å². The van der Waals surface area contributed by atoms with Gasteiger partial charge < -0.3 is 10.0 Å². The minimum absolute atomic E-state index is 0.134. The molecule has 0 aromatic carbocycles. The zero-order valence-electron chi connectivity index (χ0n) is 11.4. The Morgan fingerprint density at radius 2 is 2.05 bits per heavy atom. The highest BCUT2D eigenvalue weighted by atomic mass is 16.4. The summed E-state index contributed by atoms with van der Waals surface area (Å²) in [5.74, 6) is -0.587. The van der Waals surface area contributed by atoms with Crippen molar-refractivity contribution < 1.29 is 14.7 Å². The Labute approximate surface area is 112 Å². The number of pyridine rings is 1. The van der Waals surface area contributed by atoms with Crippen LogP contribution in [0.25, 0.3) is 0 Å². The van der Waals surface area contributed by atoms with Gasteiger partial charge in [0, 0.05) is 13.1 Å². The van der Waals surface area contributed by atoms with Crippen LogP contribution in [0.5, 0.6) is 0 Å². The summed E-state index contributed by atoms with van der Waals surface area (Å²) < 4.78 is 0. The van der Waals surface area contributed by atoms with E-state index >= 15 is 0 Å². The van der Waals surface area contributed by atoms with Crippen LogP contribution >= 0.6 is 0 Å². The second-order valence-corrected chi connectivity index (χ2v) is 5.13. The van der Waals surface area contributed by atoms with E-state index < -0.39 is 5.97 Å². The van der Waals surface area contributed by atoms with Crippen molar-refractivity contribution in [3.63, 3.8) is 0 Å². The van der Waals surface area contributed by atoms with Gasteiger partial charge in [-0.3, -0.25) is 4.79 Å². The number of rotatable bonds is 4. The van der Waals surface area contributed by atoms with Crippen molar-refractivity contribution in [3.8, 4) is 0 Å². The number of carboxylic acids is 1. The quantitative estimate of drug-likeness (QED) is 0.900. The summed E-state index contributed by atoms with van der Waals surface area (Å²) in [4.78, 5) is 29.0. The summed E-state index contributed by atoms with van der Waals surface area (Å²) in [5.41, 5.74) is 0.803. The lowest BCUT2D eigenvalue weighted by molar-refractivity contribution is 0.0688. The molecule has 1 unspecified atom stereocenters. The van der Waals surface area contributed by atoms with Gasteiger partial charge in [0.25, 0.3) is 5.91 Å². The normalized spacial score (nSPS) is 15.9. The lowest BCUT2D eigenvalue weighted by Gasteiger charge is -2.24. The average Bonchev–Trinajstić information content (AvgIpc) is 3.19. The van der Waals surface area contributed by atoms with Crippen LogP contribution in [0.3, 0.4) is 0 Å². The average molecular weight is 262 g/mol. The molecule has 2 rings (SSSR count). The van der Waals surface area contributed by atoms with Crippen LogP contribution in [0, 0.1) is 12.8 Å². The highest BCUT2D eigenvalue weighted by Gasteiger charge is 2.33. The molecular formula is C14H18N2O3. The number of amides is 1. The second-order valence-electron chi connectivity index (χ2n) is 5.13. The molecule has 1 saturated carbocycles. The predicted molar refractivity (Wildman–Crippen MR) is 70.2 cm³/mol. The Morgan fingerprint density at radius 3 is 2.53 bits per heavy atom. The molecule has 1 aliphatic rings. The number of hydrogen-bond acceptors (Lipinski definition) is 3. The number of carbonyl (C=O) groups is 2. The third-order valence-electron chi connectivity index (χ3n) is 3.77. The summed E-state index contributed by atoms with van der Waals surface area (Å²) in [7, 11) is 1.77. The first-order valence-electron chi connectivity index (χ1n) is 6.40. The summed E-state index contributed by atoms with van der Waals surface area (Å²) in [6.45, 7) is 3.64. The molecular weight excluding hydrogens is 244 g/mol. The zero-order valence-corrected chi connectivity index (χ0v) is 11.4. The monoisotopic (exact) mass is 262 g/mol. The fourth-order valence-electron chi connectivity index (χ4n) is 2.17. The van der Waals surface area contributed by atoms with Crippen molar-refractivity contribution in [2.75, 3.05) is 7.05 Å². The van der Waals surface area contributed by atoms with E-state index in [0.29, 0.717) is 17.3 Å². The van der Waals surface area contributed by atoms with E-state index in [9.17, 15) is 9.59 Å². The van der Waals surface area contributed by atoms with E-state index in [2.05, 4.69) is 4.98 Å². The van der Waals surface area contributed by atoms with Crippen LogP contribution in [-0.2, 0) is 0 Å². The van der Waals surface area contributed by atoms with Crippen molar-refractivity contribution >= 4 is 11.9 Å². The largest absolute Gasteiger partial charge is 0.478 e. The maximum absolute atomic E-state index is 12.3. The van der Waals surface area contributed by atoms with Crippen LogP contribution in [0.4, 0.5) is 0 Å². The van der Waals surface area contributed by atoms with E-state index in [4.69, 9.17) is 5.11 Å². The molecule has 0 radical (unpaired) electrons. The fraction of sp³-hybridized carbons (Fsp3) is 0.500. The van der Waals surface area contributed by atoms with Crippen LogP contribution < -0.4 is 0 Å². The molecule has 1 aromatic heterocycles. The van der Waals surface area contributed by atoms with E-state index in [0.717, 1.165) is 0 Å². The second kappa shape index (κ2) is 4.99.